The van der Waals surface area contributed by atoms with Crippen molar-refractivity contribution in [3.05, 3.63) is 57.1 Å². The Labute approximate surface area is 155 Å². The second kappa shape index (κ2) is 8.11. The van der Waals surface area contributed by atoms with Gasteiger partial charge in [0, 0.05) is 19.2 Å². The van der Waals surface area contributed by atoms with Crippen molar-refractivity contribution < 1.29 is 32.3 Å². The van der Waals surface area contributed by atoms with Crippen LogP contribution in [0.3, 0.4) is 0 Å². The van der Waals surface area contributed by atoms with Crippen molar-refractivity contribution >= 4 is 17.3 Å². The van der Waals surface area contributed by atoms with Gasteiger partial charge in [0.05, 0.1) is 15.5 Å². The van der Waals surface area contributed by atoms with Gasteiger partial charge in [0.2, 0.25) is 5.75 Å². The first-order valence-electron chi connectivity index (χ1n) is 7.08. The fraction of sp³-hybridized carbons (Fsp3) is 0.188. The van der Waals surface area contributed by atoms with Crippen LogP contribution in [-0.2, 0) is 10.9 Å². The number of nitro benzene ring substituents is 1. The lowest BCUT2D eigenvalue weighted by molar-refractivity contribution is -0.386. The van der Waals surface area contributed by atoms with Gasteiger partial charge < -0.3 is 14.2 Å². The van der Waals surface area contributed by atoms with E-state index in [2.05, 4.69) is 4.74 Å². The minimum absolute atomic E-state index is 0.00921. The molecule has 0 spiro atoms. The molecule has 142 valence electrons. The molecule has 0 aliphatic carbocycles. The molecule has 2 aromatic carbocycles. The molecule has 27 heavy (non-hydrogen) atoms. The Morgan fingerprint density at radius 2 is 1.93 bits per heavy atom. The molecule has 0 aliphatic heterocycles. The largest absolute Gasteiger partial charge is 0.456 e. The molecule has 1 atom stereocenters. The number of nitro groups is 1. The minimum atomic E-state index is -4.57. The maximum Gasteiger partial charge on any atom is 0.416 e. The first-order valence-corrected chi connectivity index (χ1v) is 7.45. The van der Waals surface area contributed by atoms with Gasteiger partial charge in [-0.25, -0.2) is 0 Å². The maximum atomic E-state index is 12.7. The smallest absolute Gasteiger partial charge is 0.416 e. The van der Waals surface area contributed by atoms with Crippen LogP contribution in [0.1, 0.15) is 5.56 Å². The van der Waals surface area contributed by atoms with Crippen LogP contribution in [0.2, 0.25) is 5.02 Å². The molecule has 0 aliphatic rings. The van der Waals surface area contributed by atoms with E-state index in [1.54, 1.807) is 6.07 Å². The molecule has 0 amide bonds. The van der Waals surface area contributed by atoms with Gasteiger partial charge in [-0.15, -0.1) is 0 Å². The Morgan fingerprint density at radius 3 is 2.44 bits per heavy atom. The molecule has 0 saturated heterocycles. The van der Waals surface area contributed by atoms with Crippen LogP contribution in [0.5, 0.6) is 17.2 Å². The summed E-state index contributed by atoms with van der Waals surface area (Å²) < 4.78 is 53.2. The summed E-state index contributed by atoms with van der Waals surface area (Å²) in [6.45, 7) is 0. The zero-order chi connectivity index (χ0) is 20.2. The number of ether oxygens (including phenoxy) is 3. The van der Waals surface area contributed by atoms with Gasteiger partial charge in [-0.05, 0) is 24.3 Å². The van der Waals surface area contributed by atoms with Crippen molar-refractivity contribution in [2.24, 2.45) is 0 Å². The first kappa shape index (κ1) is 20.3. The normalized spacial score (nSPS) is 12.1. The molecule has 0 aromatic heterocycles. The van der Waals surface area contributed by atoms with E-state index in [0.29, 0.717) is 6.07 Å². The molecular formula is C16H10ClF3N2O5. The van der Waals surface area contributed by atoms with Crippen molar-refractivity contribution in [1.29, 1.82) is 5.26 Å². The van der Waals surface area contributed by atoms with Crippen LogP contribution in [-0.4, -0.2) is 18.3 Å². The van der Waals surface area contributed by atoms with Crippen LogP contribution in [0.15, 0.2) is 36.4 Å². The van der Waals surface area contributed by atoms with E-state index in [1.165, 1.54) is 13.2 Å². The van der Waals surface area contributed by atoms with Crippen molar-refractivity contribution in [3.63, 3.8) is 0 Å². The monoisotopic (exact) mass is 402 g/mol. The van der Waals surface area contributed by atoms with E-state index in [0.717, 1.165) is 24.3 Å². The molecule has 2 rings (SSSR count). The van der Waals surface area contributed by atoms with Gasteiger partial charge in [0.1, 0.15) is 17.6 Å². The summed E-state index contributed by atoms with van der Waals surface area (Å²) in [7, 11) is 1.17. The van der Waals surface area contributed by atoms with Crippen molar-refractivity contribution in [3.8, 4) is 23.3 Å². The number of hydrogen-bond acceptors (Lipinski definition) is 6. The summed E-state index contributed by atoms with van der Waals surface area (Å²) in [5.74, 6) is -0.438. The van der Waals surface area contributed by atoms with Gasteiger partial charge >= 0.3 is 11.9 Å². The fourth-order valence-corrected chi connectivity index (χ4v) is 2.15. The molecule has 7 nitrogen and oxygen atoms in total. The lowest BCUT2D eigenvalue weighted by Crippen LogP contribution is -2.16. The summed E-state index contributed by atoms with van der Waals surface area (Å²) in [4.78, 5) is 10.3. The van der Waals surface area contributed by atoms with Gasteiger partial charge in [0.15, 0.2) is 0 Å². The highest BCUT2D eigenvalue weighted by Gasteiger charge is 2.31. The van der Waals surface area contributed by atoms with Crippen LogP contribution in [0, 0.1) is 21.4 Å². The first-order chi connectivity index (χ1) is 12.7. The third-order valence-electron chi connectivity index (χ3n) is 3.17. The third-order valence-corrected chi connectivity index (χ3v) is 3.46. The van der Waals surface area contributed by atoms with Crippen LogP contribution < -0.4 is 9.47 Å². The average Bonchev–Trinajstić information content (AvgIpc) is 2.60. The second-order valence-electron chi connectivity index (χ2n) is 4.95. The van der Waals surface area contributed by atoms with Gasteiger partial charge in [-0.3, -0.25) is 10.1 Å². The van der Waals surface area contributed by atoms with Gasteiger partial charge in [0.25, 0.3) is 6.29 Å². The Hall–Kier alpha value is -3.03. The topological polar surface area (TPSA) is 94.6 Å². The lowest BCUT2D eigenvalue weighted by atomic mass is 10.2. The zero-order valence-corrected chi connectivity index (χ0v) is 14.2. The number of alkyl halides is 3. The van der Waals surface area contributed by atoms with E-state index in [4.69, 9.17) is 26.3 Å². The molecule has 0 saturated carbocycles. The number of benzene rings is 2. The molecule has 2 aromatic rings. The maximum absolute atomic E-state index is 12.7. The van der Waals surface area contributed by atoms with E-state index < -0.39 is 28.6 Å². The number of rotatable bonds is 6. The third kappa shape index (κ3) is 4.99. The standard InChI is InChI=1S/C16H10ClF3N2O5/c1-25-15(8-21)27-14-7-10(3-4-12(14)22(23)24)26-13-5-2-9(6-11(13)17)16(18,19)20/h2-7,15H,1H3. The quantitative estimate of drug-likeness (QED) is 0.386. The number of nitriles is 1. The SMILES string of the molecule is COC(C#N)Oc1cc(Oc2ccc(C(F)(F)F)cc2Cl)ccc1[N+](=O)[O-]. The zero-order valence-electron chi connectivity index (χ0n) is 13.5. The summed E-state index contributed by atoms with van der Waals surface area (Å²) in [5.41, 5.74) is -1.41. The molecule has 0 radical (unpaired) electrons. The van der Waals surface area contributed by atoms with Gasteiger partial charge in [-0.1, -0.05) is 11.6 Å². The Morgan fingerprint density at radius 1 is 1.22 bits per heavy atom. The Balaban J connectivity index is 2.34. The van der Waals surface area contributed by atoms with Crippen LogP contribution in [0.4, 0.5) is 18.9 Å². The predicted molar refractivity (Wildman–Crippen MR) is 86.7 cm³/mol. The number of halogens is 4. The summed E-state index contributed by atoms with van der Waals surface area (Å²) in [6.07, 6.45) is -5.98. The van der Waals surface area contributed by atoms with Crippen molar-refractivity contribution in [2.75, 3.05) is 7.11 Å². The fourth-order valence-electron chi connectivity index (χ4n) is 1.93. The number of hydrogen-bond donors (Lipinski definition) is 0. The Kier molecular flexibility index (Phi) is 6.09. The van der Waals surface area contributed by atoms with E-state index in [-0.39, 0.29) is 22.3 Å². The Bertz CT molecular complexity index is 899. The predicted octanol–water partition coefficient (Wildman–Crippen LogP) is 4.93. The van der Waals surface area contributed by atoms with Crippen LogP contribution >= 0.6 is 11.6 Å². The number of nitrogens with zero attached hydrogens (tertiary/aromatic N) is 2. The van der Waals surface area contributed by atoms with Gasteiger partial charge in [-0.2, -0.15) is 18.4 Å². The summed E-state index contributed by atoms with van der Waals surface area (Å²) in [5, 5.41) is 19.6. The summed E-state index contributed by atoms with van der Waals surface area (Å²) in [6, 6.07) is 7.46. The van der Waals surface area contributed by atoms with E-state index >= 15 is 0 Å². The number of methoxy groups -OCH3 is 1. The van der Waals surface area contributed by atoms with E-state index in [9.17, 15) is 23.3 Å². The van der Waals surface area contributed by atoms with Crippen molar-refractivity contribution in [1.82, 2.24) is 0 Å². The molecule has 0 heterocycles. The highest BCUT2D eigenvalue weighted by atomic mass is 35.5. The molecule has 0 bridgehead atoms. The average molecular weight is 403 g/mol. The molecular weight excluding hydrogens is 393 g/mol. The minimum Gasteiger partial charge on any atom is -0.456 e. The molecule has 1 unspecified atom stereocenters. The lowest BCUT2D eigenvalue weighted by Gasteiger charge is -2.13. The van der Waals surface area contributed by atoms with Crippen molar-refractivity contribution in [2.45, 2.75) is 12.5 Å². The summed E-state index contributed by atoms with van der Waals surface area (Å²) >= 11 is 5.81. The molecule has 0 fully saturated rings. The molecule has 0 N–H and O–H groups in total. The van der Waals surface area contributed by atoms with E-state index in [1.807, 2.05) is 0 Å². The highest BCUT2D eigenvalue weighted by Crippen LogP contribution is 2.38. The van der Waals surface area contributed by atoms with Crippen LogP contribution in [0.25, 0.3) is 0 Å². The highest BCUT2D eigenvalue weighted by molar-refractivity contribution is 6.32. The molecule has 11 heteroatoms. The second-order valence-corrected chi connectivity index (χ2v) is 5.35.